The summed E-state index contributed by atoms with van der Waals surface area (Å²) in [6.07, 6.45) is 1.67. The molecule has 0 saturated carbocycles. The third kappa shape index (κ3) is 3.27. The van der Waals surface area contributed by atoms with Crippen molar-refractivity contribution in [1.82, 2.24) is 9.38 Å². The largest absolute Gasteiger partial charge is 0.486 e. The van der Waals surface area contributed by atoms with E-state index in [1.165, 1.54) is 10.5 Å². The summed E-state index contributed by atoms with van der Waals surface area (Å²) in [5, 5.41) is 0.943. The highest BCUT2D eigenvalue weighted by molar-refractivity contribution is 9.10. The molecule has 0 aliphatic rings. The third-order valence-electron chi connectivity index (χ3n) is 2.95. The van der Waals surface area contributed by atoms with Crippen molar-refractivity contribution in [1.29, 1.82) is 0 Å². The van der Waals surface area contributed by atoms with Gasteiger partial charge in [0.25, 0.3) is 5.56 Å². The van der Waals surface area contributed by atoms with Crippen LogP contribution in [0.2, 0.25) is 10.0 Å². The molecule has 2 aromatic heterocycles. The Hall–Kier alpha value is -1.56. The van der Waals surface area contributed by atoms with Gasteiger partial charge in [0.05, 0.1) is 10.7 Å². The Morgan fingerprint density at radius 2 is 2.00 bits per heavy atom. The van der Waals surface area contributed by atoms with E-state index >= 15 is 0 Å². The van der Waals surface area contributed by atoms with Crippen molar-refractivity contribution in [3.63, 3.8) is 0 Å². The second-order valence-electron chi connectivity index (χ2n) is 4.52. The fourth-order valence-corrected chi connectivity index (χ4v) is 2.74. The highest BCUT2D eigenvalue weighted by Gasteiger charge is 2.06. The van der Waals surface area contributed by atoms with Crippen LogP contribution in [0.15, 0.2) is 51.9 Å². The van der Waals surface area contributed by atoms with Crippen LogP contribution in [0.1, 0.15) is 5.69 Å². The van der Waals surface area contributed by atoms with E-state index in [1.54, 1.807) is 30.5 Å². The number of benzene rings is 1. The first-order valence-corrected chi connectivity index (χ1v) is 7.83. The van der Waals surface area contributed by atoms with Gasteiger partial charge in [0.15, 0.2) is 0 Å². The minimum Gasteiger partial charge on any atom is -0.486 e. The van der Waals surface area contributed by atoms with Gasteiger partial charge in [0.1, 0.15) is 18.0 Å². The van der Waals surface area contributed by atoms with Crippen LogP contribution in [0.5, 0.6) is 5.75 Å². The summed E-state index contributed by atoms with van der Waals surface area (Å²) in [4.78, 5) is 16.5. The lowest BCUT2D eigenvalue weighted by molar-refractivity contribution is 0.301. The molecule has 0 aliphatic carbocycles. The van der Waals surface area contributed by atoms with E-state index in [-0.39, 0.29) is 12.2 Å². The van der Waals surface area contributed by atoms with E-state index in [9.17, 15) is 4.79 Å². The van der Waals surface area contributed by atoms with Crippen molar-refractivity contribution in [3.05, 3.63) is 73.2 Å². The van der Waals surface area contributed by atoms with Crippen molar-refractivity contribution >= 4 is 44.8 Å². The number of halogens is 3. The molecule has 3 aromatic rings. The van der Waals surface area contributed by atoms with Crippen LogP contribution >= 0.6 is 39.1 Å². The molecule has 22 heavy (non-hydrogen) atoms. The van der Waals surface area contributed by atoms with Gasteiger partial charge < -0.3 is 4.74 Å². The molecule has 7 heteroatoms. The maximum atomic E-state index is 12.1. The molecule has 0 N–H and O–H groups in total. The smallest absolute Gasteiger partial charge is 0.258 e. The Labute approximate surface area is 144 Å². The molecular formula is C15H9BrCl2N2O2. The van der Waals surface area contributed by atoms with Crippen molar-refractivity contribution in [2.45, 2.75) is 6.61 Å². The van der Waals surface area contributed by atoms with E-state index in [1.807, 2.05) is 6.07 Å². The van der Waals surface area contributed by atoms with Gasteiger partial charge in [0.2, 0.25) is 0 Å². The second-order valence-corrected chi connectivity index (χ2v) is 6.28. The fourth-order valence-electron chi connectivity index (χ4n) is 1.94. The molecule has 0 amide bonds. The van der Waals surface area contributed by atoms with E-state index in [4.69, 9.17) is 27.9 Å². The number of hydrogen-bond acceptors (Lipinski definition) is 3. The zero-order valence-corrected chi connectivity index (χ0v) is 14.2. The molecular weight excluding hydrogens is 391 g/mol. The van der Waals surface area contributed by atoms with Crippen molar-refractivity contribution < 1.29 is 4.74 Å². The quantitative estimate of drug-likeness (QED) is 0.657. The molecule has 4 nitrogen and oxygen atoms in total. The van der Waals surface area contributed by atoms with Gasteiger partial charge in [-0.2, -0.15) is 0 Å². The first-order valence-electron chi connectivity index (χ1n) is 6.28. The van der Waals surface area contributed by atoms with Gasteiger partial charge in [-0.15, -0.1) is 0 Å². The Morgan fingerprint density at radius 3 is 2.77 bits per heavy atom. The number of aromatic nitrogens is 2. The Morgan fingerprint density at radius 1 is 1.18 bits per heavy atom. The maximum Gasteiger partial charge on any atom is 0.258 e. The summed E-state index contributed by atoms with van der Waals surface area (Å²) < 4.78 is 7.86. The predicted molar refractivity (Wildman–Crippen MR) is 90.0 cm³/mol. The van der Waals surface area contributed by atoms with Gasteiger partial charge in [-0.05, 0) is 46.3 Å². The Bertz CT molecular complexity index is 912. The molecule has 0 radical (unpaired) electrons. The van der Waals surface area contributed by atoms with Crippen LogP contribution in [0.3, 0.4) is 0 Å². The van der Waals surface area contributed by atoms with E-state index in [0.717, 1.165) is 4.47 Å². The standard InChI is InChI=1S/C15H9BrCl2N2O2/c16-9-1-4-14-19-11(6-15(21)20(14)7-9)8-22-13-3-2-10(17)5-12(13)18/h1-7H,8H2. The summed E-state index contributed by atoms with van der Waals surface area (Å²) in [6.45, 7) is 0.142. The number of hydrogen-bond donors (Lipinski definition) is 0. The molecule has 0 atom stereocenters. The molecule has 0 bridgehead atoms. The van der Waals surface area contributed by atoms with Gasteiger partial charge in [-0.3, -0.25) is 9.20 Å². The van der Waals surface area contributed by atoms with Gasteiger partial charge in [-0.1, -0.05) is 23.2 Å². The topological polar surface area (TPSA) is 43.6 Å². The highest BCUT2D eigenvalue weighted by Crippen LogP contribution is 2.28. The molecule has 0 unspecified atom stereocenters. The molecule has 0 spiro atoms. The SMILES string of the molecule is O=c1cc(COc2ccc(Cl)cc2Cl)nc2ccc(Br)cn12. The van der Waals surface area contributed by atoms with Crippen molar-refractivity contribution in [2.75, 3.05) is 0 Å². The summed E-state index contributed by atoms with van der Waals surface area (Å²) >= 11 is 15.2. The molecule has 0 saturated heterocycles. The summed E-state index contributed by atoms with van der Waals surface area (Å²) in [7, 11) is 0. The van der Waals surface area contributed by atoms with Crippen LogP contribution in [0, 0.1) is 0 Å². The Balaban J connectivity index is 1.88. The monoisotopic (exact) mass is 398 g/mol. The number of nitrogens with zero attached hydrogens (tertiary/aromatic N) is 2. The first kappa shape index (κ1) is 15.3. The highest BCUT2D eigenvalue weighted by atomic mass is 79.9. The first-order chi connectivity index (χ1) is 10.5. The average molecular weight is 400 g/mol. The van der Waals surface area contributed by atoms with Crippen LogP contribution in [-0.4, -0.2) is 9.38 Å². The minimum atomic E-state index is -0.174. The lowest BCUT2D eigenvalue weighted by Gasteiger charge is -2.08. The molecule has 3 rings (SSSR count). The van der Waals surface area contributed by atoms with Gasteiger partial charge >= 0.3 is 0 Å². The third-order valence-corrected chi connectivity index (χ3v) is 3.95. The molecule has 2 heterocycles. The number of fused-ring (bicyclic) bond motifs is 1. The van der Waals surface area contributed by atoms with E-state index in [2.05, 4.69) is 20.9 Å². The van der Waals surface area contributed by atoms with Crippen LogP contribution in [0.25, 0.3) is 5.65 Å². The summed E-state index contributed by atoms with van der Waals surface area (Å²) in [5.41, 5.74) is 0.905. The zero-order chi connectivity index (χ0) is 15.7. The predicted octanol–water partition coefficient (Wildman–Crippen LogP) is 4.34. The van der Waals surface area contributed by atoms with Crippen molar-refractivity contribution in [3.8, 4) is 5.75 Å². The van der Waals surface area contributed by atoms with Crippen LogP contribution in [-0.2, 0) is 6.61 Å². The fraction of sp³-hybridized carbons (Fsp3) is 0.0667. The normalized spacial score (nSPS) is 10.9. The van der Waals surface area contributed by atoms with E-state index < -0.39 is 0 Å². The molecule has 1 aromatic carbocycles. The maximum absolute atomic E-state index is 12.1. The van der Waals surface area contributed by atoms with Gasteiger partial charge in [-0.25, -0.2) is 4.98 Å². The number of rotatable bonds is 3. The summed E-state index contributed by atoms with van der Waals surface area (Å²) in [6, 6.07) is 9.97. The van der Waals surface area contributed by atoms with Crippen LogP contribution < -0.4 is 10.3 Å². The lowest BCUT2D eigenvalue weighted by atomic mass is 10.3. The number of ether oxygens (including phenoxy) is 1. The Kier molecular flexibility index (Phi) is 4.38. The van der Waals surface area contributed by atoms with Crippen LogP contribution in [0.4, 0.5) is 0 Å². The zero-order valence-electron chi connectivity index (χ0n) is 11.1. The molecule has 112 valence electrons. The van der Waals surface area contributed by atoms with Crippen molar-refractivity contribution in [2.24, 2.45) is 0 Å². The summed E-state index contributed by atoms with van der Waals surface area (Å²) in [5.74, 6) is 0.490. The second kappa shape index (κ2) is 6.28. The van der Waals surface area contributed by atoms with E-state index in [0.29, 0.717) is 27.1 Å². The molecule has 0 aliphatic heterocycles. The lowest BCUT2D eigenvalue weighted by Crippen LogP contribution is -2.16. The molecule has 0 fully saturated rings. The minimum absolute atomic E-state index is 0.142. The average Bonchev–Trinajstić information content (AvgIpc) is 2.47. The van der Waals surface area contributed by atoms with Gasteiger partial charge in [0, 0.05) is 21.8 Å². The number of pyridine rings is 1.